The molecule has 152 valence electrons. The molecule has 6 nitrogen and oxygen atoms in total. The van der Waals surface area contributed by atoms with Crippen molar-refractivity contribution in [3.05, 3.63) is 64.2 Å². The van der Waals surface area contributed by atoms with Crippen LogP contribution in [0.5, 0.6) is 5.75 Å². The van der Waals surface area contributed by atoms with Crippen LogP contribution in [0.4, 0.5) is 4.79 Å². The van der Waals surface area contributed by atoms with Crippen LogP contribution in [0, 0.1) is 20.8 Å². The Morgan fingerprint density at radius 1 is 1.14 bits per heavy atom. The molecular formula is C23H26N2O4. The van der Waals surface area contributed by atoms with E-state index >= 15 is 0 Å². The molecule has 1 saturated heterocycles. The highest BCUT2D eigenvalue weighted by atomic mass is 16.5. The first-order valence-electron chi connectivity index (χ1n) is 9.93. The lowest BCUT2D eigenvalue weighted by Gasteiger charge is -2.23. The fourth-order valence-corrected chi connectivity index (χ4v) is 4.35. The Balaban J connectivity index is 1.46. The number of imide groups is 1. The Kier molecular flexibility index (Phi) is 4.82. The van der Waals surface area contributed by atoms with Crippen molar-refractivity contribution >= 4 is 11.9 Å². The number of β-amino-alcohol motifs (C(OH)–C–C–N with tert-alkyl or cyclic N) is 1. The van der Waals surface area contributed by atoms with Crippen LogP contribution in [0.25, 0.3) is 0 Å². The summed E-state index contributed by atoms with van der Waals surface area (Å²) >= 11 is 0. The average molecular weight is 394 g/mol. The largest absolute Gasteiger partial charge is 0.490 e. The van der Waals surface area contributed by atoms with Crippen molar-refractivity contribution in [3.8, 4) is 5.75 Å². The van der Waals surface area contributed by atoms with Gasteiger partial charge in [0.05, 0.1) is 6.54 Å². The number of nitrogens with one attached hydrogen (secondary N) is 1. The lowest BCUT2D eigenvalue weighted by molar-refractivity contribution is -0.132. The van der Waals surface area contributed by atoms with Crippen LogP contribution in [-0.2, 0) is 16.8 Å². The SMILES string of the molecule is Cc1ccc(C)c(OC[C@H](O)CN2C(=O)N[C@@]3(CCc4ccccc43)C2=O)c1C. The van der Waals surface area contributed by atoms with E-state index in [0.717, 1.165) is 44.9 Å². The van der Waals surface area contributed by atoms with Crippen LogP contribution < -0.4 is 10.1 Å². The maximum Gasteiger partial charge on any atom is 0.325 e. The first-order chi connectivity index (χ1) is 13.8. The average Bonchev–Trinajstić information content (AvgIpc) is 3.18. The second-order valence-corrected chi connectivity index (χ2v) is 8.03. The Bertz CT molecular complexity index is 987. The minimum atomic E-state index is -1.00. The van der Waals surface area contributed by atoms with Gasteiger partial charge in [0.2, 0.25) is 0 Å². The predicted octanol–water partition coefficient (Wildman–Crippen LogP) is 2.75. The van der Waals surface area contributed by atoms with Gasteiger partial charge in [-0.3, -0.25) is 9.69 Å². The Morgan fingerprint density at radius 2 is 1.86 bits per heavy atom. The van der Waals surface area contributed by atoms with E-state index in [1.54, 1.807) is 0 Å². The van der Waals surface area contributed by atoms with Crippen molar-refractivity contribution in [2.75, 3.05) is 13.2 Å². The maximum atomic E-state index is 13.2. The molecule has 0 saturated carbocycles. The molecule has 3 amide bonds. The molecule has 0 radical (unpaired) electrons. The summed E-state index contributed by atoms with van der Waals surface area (Å²) in [5, 5.41) is 13.4. The molecule has 1 fully saturated rings. The minimum Gasteiger partial charge on any atom is -0.490 e. The van der Waals surface area contributed by atoms with Gasteiger partial charge in [0.15, 0.2) is 0 Å². The number of rotatable bonds is 5. The van der Waals surface area contributed by atoms with Crippen molar-refractivity contribution in [2.24, 2.45) is 0 Å². The summed E-state index contributed by atoms with van der Waals surface area (Å²) in [4.78, 5) is 26.8. The van der Waals surface area contributed by atoms with Crippen molar-refractivity contribution in [1.29, 1.82) is 0 Å². The Labute approximate surface area is 170 Å². The number of fused-ring (bicyclic) bond motifs is 2. The van der Waals surface area contributed by atoms with E-state index in [1.807, 2.05) is 57.2 Å². The Hall–Kier alpha value is -2.86. The molecule has 1 heterocycles. The molecular weight excluding hydrogens is 368 g/mol. The van der Waals surface area contributed by atoms with Crippen LogP contribution >= 0.6 is 0 Å². The number of amides is 3. The quantitative estimate of drug-likeness (QED) is 0.765. The third-order valence-corrected chi connectivity index (χ3v) is 6.11. The highest BCUT2D eigenvalue weighted by Gasteiger charge is 2.55. The molecule has 1 spiro atoms. The normalized spacial score (nSPS) is 21.4. The number of carbonyl (C=O) groups excluding carboxylic acids is 2. The van der Waals surface area contributed by atoms with E-state index in [0.29, 0.717) is 6.42 Å². The fraction of sp³-hybridized carbons (Fsp3) is 0.391. The zero-order valence-electron chi connectivity index (χ0n) is 17.0. The number of aliphatic hydroxyl groups excluding tert-OH is 1. The molecule has 2 atom stereocenters. The van der Waals surface area contributed by atoms with Gasteiger partial charge in [-0.1, -0.05) is 36.4 Å². The van der Waals surface area contributed by atoms with Crippen LogP contribution in [0.15, 0.2) is 36.4 Å². The van der Waals surface area contributed by atoms with Gasteiger partial charge >= 0.3 is 6.03 Å². The topological polar surface area (TPSA) is 78.9 Å². The van der Waals surface area contributed by atoms with Crippen LogP contribution in [0.2, 0.25) is 0 Å². The number of urea groups is 1. The summed E-state index contributed by atoms with van der Waals surface area (Å²) in [5.41, 5.74) is 4.05. The highest BCUT2D eigenvalue weighted by Crippen LogP contribution is 2.41. The summed E-state index contributed by atoms with van der Waals surface area (Å²) in [7, 11) is 0. The van der Waals surface area contributed by atoms with Gasteiger partial charge in [0, 0.05) is 0 Å². The molecule has 2 aliphatic rings. The summed E-state index contributed by atoms with van der Waals surface area (Å²) in [6.45, 7) is 5.84. The highest BCUT2D eigenvalue weighted by molar-refractivity contribution is 6.08. The van der Waals surface area contributed by atoms with Crippen molar-refractivity contribution in [1.82, 2.24) is 10.2 Å². The molecule has 6 heteroatoms. The van der Waals surface area contributed by atoms with E-state index in [4.69, 9.17) is 4.74 Å². The second kappa shape index (κ2) is 7.19. The lowest BCUT2D eigenvalue weighted by atomic mass is 9.92. The van der Waals surface area contributed by atoms with Crippen molar-refractivity contribution < 1.29 is 19.4 Å². The van der Waals surface area contributed by atoms with Gasteiger partial charge in [-0.05, 0) is 61.4 Å². The molecule has 1 aliphatic carbocycles. The zero-order valence-corrected chi connectivity index (χ0v) is 17.0. The van der Waals surface area contributed by atoms with Crippen molar-refractivity contribution in [2.45, 2.75) is 45.3 Å². The standard InChI is InChI=1S/C23H26N2O4/c1-14-8-9-15(2)20(16(14)3)29-13-18(26)12-25-21(27)23(24-22(25)28)11-10-17-6-4-5-7-19(17)23/h4-9,18,26H,10-13H2,1-3H3,(H,24,28)/t18-,23-/m1/s1. The minimum absolute atomic E-state index is 0.00573. The van der Waals surface area contributed by atoms with E-state index < -0.39 is 17.7 Å². The second-order valence-electron chi connectivity index (χ2n) is 8.03. The third-order valence-electron chi connectivity index (χ3n) is 6.11. The summed E-state index contributed by atoms with van der Waals surface area (Å²) in [6, 6.07) is 11.2. The number of aryl methyl sites for hydroxylation is 3. The molecule has 2 aromatic carbocycles. The fourth-order valence-electron chi connectivity index (χ4n) is 4.35. The van der Waals surface area contributed by atoms with E-state index in [2.05, 4.69) is 5.32 Å². The first-order valence-corrected chi connectivity index (χ1v) is 9.93. The van der Waals surface area contributed by atoms with Gasteiger partial charge in [0.25, 0.3) is 5.91 Å². The number of benzene rings is 2. The predicted molar refractivity (Wildman–Crippen MR) is 109 cm³/mol. The van der Waals surface area contributed by atoms with Crippen LogP contribution in [-0.4, -0.2) is 41.2 Å². The first kappa shape index (κ1) is 19.5. The van der Waals surface area contributed by atoms with E-state index in [9.17, 15) is 14.7 Å². The summed E-state index contributed by atoms with van der Waals surface area (Å²) in [5.74, 6) is 0.442. The third kappa shape index (κ3) is 3.17. The molecule has 29 heavy (non-hydrogen) atoms. The number of aliphatic hydroxyl groups is 1. The van der Waals surface area contributed by atoms with Gasteiger partial charge in [0.1, 0.15) is 24.0 Å². The molecule has 0 aromatic heterocycles. The lowest BCUT2D eigenvalue weighted by Crippen LogP contribution is -2.43. The molecule has 0 unspecified atom stereocenters. The van der Waals surface area contributed by atoms with Crippen LogP contribution in [0.3, 0.4) is 0 Å². The summed E-state index contributed by atoms with van der Waals surface area (Å²) in [6.07, 6.45) is 0.311. The van der Waals surface area contributed by atoms with Gasteiger partial charge in [-0.15, -0.1) is 0 Å². The molecule has 4 rings (SSSR count). The number of hydrogen-bond acceptors (Lipinski definition) is 4. The van der Waals surface area contributed by atoms with Crippen LogP contribution in [0.1, 0.15) is 34.2 Å². The smallest absolute Gasteiger partial charge is 0.325 e. The zero-order chi connectivity index (χ0) is 20.8. The molecule has 2 aromatic rings. The number of ether oxygens (including phenoxy) is 1. The van der Waals surface area contributed by atoms with E-state index in [-0.39, 0.29) is 19.1 Å². The van der Waals surface area contributed by atoms with Crippen molar-refractivity contribution in [3.63, 3.8) is 0 Å². The molecule has 1 aliphatic heterocycles. The summed E-state index contributed by atoms with van der Waals surface area (Å²) < 4.78 is 5.84. The number of nitrogens with zero attached hydrogens (tertiary/aromatic N) is 1. The van der Waals surface area contributed by atoms with E-state index in [1.165, 1.54) is 0 Å². The monoisotopic (exact) mass is 394 g/mol. The number of carbonyl (C=O) groups is 2. The van der Waals surface area contributed by atoms with Gasteiger partial charge in [-0.2, -0.15) is 0 Å². The van der Waals surface area contributed by atoms with Gasteiger partial charge < -0.3 is 15.2 Å². The van der Waals surface area contributed by atoms with Gasteiger partial charge in [-0.25, -0.2) is 4.79 Å². The Morgan fingerprint density at radius 3 is 2.66 bits per heavy atom. The molecule has 2 N–H and O–H groups in total. The maximum absolute atomic E-state index is 13.2. The molecule has 0 bridgehead atoms. The number of hydrogen-bond donors (Lipinski definition) is 2.